The van der Waals surface area contributed by atoms with Gasteiger partial charge in [0.25, 0.3) is 0 Å². The molecule has 0 spiro atoms. The largest absolute Gasteiger partial charge is 0.493 e. The molecule has 0 radical (unpaired) electrons. The molecular weight excluding hydrogens is 180 g/mol. The van der Waals surface area contributed by atoms with Gasteiger partial charge >= 0.3 is 5.97 Å². The molecule has 3 heteroatoms. The molecule has 0 aliphatic carbocycles. The Balaban J connectivity index is 3.08. The molecule has 0 aliphatic heterocycles. The van der Waals surface area contributed by atoms with Crippen molar-refractivity contribution in [2.75, 3.05) is 13.7 Å². The summed E-state index contributed by atoms with van der Waals surface area (Å²) in [7, 11) is 1.36. The topological polar surface area (TPSA) is 35.5 Å². The molecule has 0 saturated carbocycles. The maximum atomic E-state index is 11.4. The summed E-state index contributed by atoms with van der Waals surface area (Å²) in [5.74, 6) is 0.210. The highest BCUT2D eigenvalue weighted by Crippen LogP contribution is 2.20. The monoisotopic (exact) mass is 194 g/mol. The summed E-state index contributed by atoms with van der Waals surface area (Å²) in [4.78, 5) is 11.4. The van der Waals surface area contributed by atoms with Gasteiger partial charge in [0.2, 0.25) is 0 Å². The van der Waals surface area contributed by atoms with Crippen molar-refractivity contribution < 1.29 is 14.3 Å². The number of carbonyl (C=O) groups excluding carboxylic acids is 1. The Morgan fingerprint density at radius 1 is 1.43 bits per heavy atom. The molecule has 0 unspecified atom stereocenters. The average molecular weight is 194 g/mol. The van der Waals surface area contributed by atoms with Crippen LogP contribution in [0.3, 0.4) is 0 Å². The Morgan fingerprint density at radius 3 is 2.71 bits per heavy atom. The second-order valence-corrected chi connectivity index (χ2v) is 2.92. The summed E-state index contributed by atoms with van der Waals surface area (Å²) in [6, 6.07) is 5.44. The fourth-order valence-electron chi connectivity index (χ4n) is 1.19. The van der Waals surface area contributed by atoms with Gasteiger partial charge in [-0.15, -0.1) is 0 Å². The van der Waals surface area contributed by atoms with Gasteiger partial charge in [-0.2, -0.15) is 0 Å². The Bertz CT molecular complexity index is 331. The zero-order valence-corrected chi connectivity index (χ0v) is 8.66. The number of carbonyl (C=O) groups is 1. The van der Waals surface area contributed by atoms with E-state index in [0.29, 0.717) is 17.9 Å². The molecule has 0 N–H and O–H groups in total. The number of methoxy groups -OCH3 is 1. The molecule has 0 aliphatic rings. The van der Waals surface area contributed by atoms with Crippen molar-refractivity contribution in [3.63, 3.8) is 0 Å². The van der Waals surface area contributed by atoms with Gasteiger partial charge in [0, 0.05) is 0 Å². The maximum absolute atomic E-state index is 11.4. The molecule has 14 heavy (non-hydrogen) atoms. The predicted octanol–water partition coefficient (Wildman–Crippen LogP) is 2.18. The second kappa shape index (κ2) is 4.65. The molecule has 76 valence electrons. The van der Waals surface area contributed by atoms with E-state index in [-0.39, 0.29) is 5.97 Å². The highest BCUT2D eigenvalue weighted by molar-refractivity contribution is 5.92. The van der Waals surface area contributed by atoms with Gasteiger partial charge in [-0.3, -0.25) is 0 Å². The normalized spacial score (nSPS) is 9.64. The van der Waals surface area contributed by atoms with Crippen molar-refractivity contribution in [1.82, 2.24) is 0 Å². The van der Waals surface area contributed by atoms with Crippen LogP contribution in [0.15, 0.2) is 18.2 Å². The minimum absolute atomic E-state index is 0.364. The summed E-state index contributed by atoms with van der Waals surface area (Å²) >= 11 is 0. The summed E-state index contributed by atoms with van der Waals surface area (Å²) in [6.45, 7) is 4.33. The smallest absolute Gasteiger partial charge is 0.341 e. The fraction of sp³-hybridized carbons (Fsp3) is 0.364. The Hall–Kier alpha value is -1.51. The number of hydrogen-bond acceptors (Lipinski definition) is 3. The molecule has 1 aromatic carbocycles. The van der Waals surface area contributed by atoms with Crippen LogP contribution in [0, 0.1) is 6.92 Å². The standard InChI is InChI=1S/C11H14O3/c1-4-14-10-6-5-8(2)7-9(10)11(12)13-3/h5-7H,4H2,1-3H3. The lowest BCUT2D eigenvalue weighted by Crippen LogP contribution is -2.05. The Kier molecular flexibility index (Phi) is 3.51. The summed E-state index contributed by atoms with van der Waals surface area (Å²) < 4.78 is 9.97. The molecule has 0 fully saturated rings. The van der Waals surface area contributed by atoms with Gasteiger partial charge in [-0.05, 0) is 26.0 Å². The molecule has 0 heterocycles. The van der Waals surface area contributed by atoms with Crippen molar-refractivity contribution in [3.8, 4) is 5.75 Å². The number of esters is 1. The number of benzene rings is 1. The molecular formula is C11H14O3. The third-order valence-corrected chi connectivity index (χ3v) is 1.84. The van der Waals surface area contributed by atoms with Crippen molar-refractivity contribution in [2.24, 2.45) is 0 Å². The van der Waals surface area contributed by atoms with E-state index < -0.39 is 0 Å². The third-order valence-electron chi connectivity index (χ3n) is 1.84. The van der Waals surface area contributed by atoms with Gasteiger partial charge in [-0.25, -0.2) is 4.79 Å². The highest BCUT2D eigenvalue weighted by Gasteiger charge is 2.12. The van der Waals surface area contributed by atoms with E-state index in [1.54, 1.807) is 12.1 Å². The van der Waals surface area contributed by atoms with Crippen LogP contribution in [0.2, 0.25) is 0 Å². The van der Waals surface area contributed by atoms with Gasteiger partial charge in [0.15, 0.2) is 0 Å². The van der Waals surface area contributed by atoms with Gasteiger partial charge in [-0.1, -0.05) is 11.6 Å². The van der Waals surface area contributed by atoms with Crippen LogP contribution in [-0.2, 0) is 4.74 Å². The molecule has 0 bridgehead atoms. The van der Waals surface area contributed by atoms with Crippen LogP contribution in [0.4, 0.5) is 0 Å². The first-order valence-electron chi connectivity index (χ1n) is 4.50. The Morgan fingerprint density at radius 2 is 2.14 bits per heavy atom. The quantitative estimate of drug-likeness (QED) is 0.692. The fourth-order valence-corrected chi connectivity index (χ4v) is 1.19. The van der Waals surface area contributed by atoms with Crippen LogP contribution >= 0.6 is 0 Å². The lowest BCUT2D eigenvalue weighted by atomic mass is 10.1. The third kappa shape index (κ3) is 2.25. The van der Waals surface area contributed by atoms with E-state index in [1.165, 1.54) is 7.11 Å². The minimum Gasteiger partial charge on any atom is -0.493 e. The summed E-state index contributed by atoms with van der Waals surface area (Å²) in [5.41, 5.74) is 1.49. The van der Waals surface area contributed by atoms with E-state index in [4.69, 9.17) is 4.74 Å². The number of aryl methyl sites for hydroxylation is 1. The van der Waals surface area contributed by atoms with E-state index in [0.717, 1.165) is 5.56 Å². The Labute approximate surface area is 83.6 Å². The van der Waals surface area contributed by atoms with E-state index in [9.17, 15) is 4.79 Å². The molecule has 0 aromatic heterocycles. The summed E-state index contributed by atoms with van der Waals surface area (Å²) in [5, 5.41) is 0. The van der Waals surface area contributed by atoms with Crippen LogP contribution in [-0.4, -0.2) is 19.7 Å². The predicted molar refractivity (Wildman–Crippen MR) is 53.7 cm³/mol. The lowest BCUT2D eigenvalue weighted by molar-refractivity contribution is 0.0596. The van der Waals surface area contributed by atoms with Gasteiger partial charge in [0.1, 0.15) is 11.3 Å². The SMILES string of the molecule is CCOc1ccc(C)cc1C(=O)OC. The number of rotatable bonds is 3. The molecule has 1 aromatic rings. The first-order chi connectivity index (χ1) is 6.69. The average Bonchev–Trinajstić information content (AvgIpc) is 2.20. The van der Waals surface area contributed by atoms with Crippen molar-refractivity contribution in [2.45, 2.75) is 13.8 Å². The van der Waals surface area contributed by atoms with Crippen LogP contribution in [0.1, 0.15) is 22.8 Å². The lowest BCUT2D eigenvalue weighted by Gasteiger charge is -2.08. The number of ether oxygens (including phenoxy) is 2. The van der Waals surface area contributed by atoms with Crippen molar-refractivity contribution >= 4 is 5.97 Å². The van der Waals surface area contributed by atoms with Gasteiger partial charge < -0.3 is 9.47 Å². The van der Waals surface area contributed by atoms with Crippen LogP contribution in [0.25, 0.3) is 0 Å². The van der Waals surface area contributed by atoms with E-state index >= 15 is 0 Å². The first kappa shape index (κ1) is 10.6. The zero-order chi connectivity index (χ0) is 10.6. The van der Waals surface area contributed by atoms with Crippen LogP contribution < -0.4 is 4.74 Å². The summed E-state index contributed by atoms with van der Waals surface area (Å²) in [6.07, 6.45) is 0. The van der Waals surface area contributed by atoms with Crippen molar-refractivity contribution in [1.29, 1.82) is 0 Å². The highest BCUT2D eigenvalue weighted by atomic mass is 16.5. The molecule has 0 amide bonds. The van der Waals surface area contributed by atoms with E-state index in [1.807, 2.05) is 19.9 Å². The van der Waals surface area contributed by atoms with Crippen molar-refractivity contribution in [3.05, 3.63) is 29.3 Å². The van der Waals surface area contributed by atoms with E-state index in [2.05, 4.69) is 4.74 Å². The minimum atomic E-state index is -0.364. The van der Waals surface area contributed by atoms with Crippen LogP contribution in [0.5, 0.6) is 5.75 Å². The maximum Gasteiger partial charge on any atom is 0.341 e. The zero-order valence-electron chi connectivity index (χ0n) is 8.66. The van der Waals surface area contributed by atoms with Gasteiger partial charge in [0.05, 0.1) is 13.7 Å². The second-order valence-electron chi connectivity index (χ2n) is 2.92. The molecule has 0 atom stereocenters. The molecule has 1 rings (SSSR count). The first-order valence-corrected chi connectivity index (χ1v) is 4.50. The molecule has 3 nitrogen and oxygen atoms in total. The molecule has 0 saturated heterocycles. The number of hydrogen-bond donors (Lipinski definition) is 0.